The van der Waals surface area contributed by atoms with Gasteiger partial charge in [-0.1, -0.05) is 24.3 Å². The maximum atomic E-state index is 12.1. The third kappa shape index (κ3) is 3.04. The molecule has 124 valence electrons. The maximum Gasteiger partial charge on any atom is 0.259 e. The molecule has 0 saturated heterocycles. The summed E-state index contributed by atoms with van der Waals surface area (Å²) in [5, 5.41) is 6.72. The van der Waals surface area contributed by atoms with Crippen molar-refractivity contribution >= 4 is 33.2 Å². The zero-order chi connectivity index (χ0) is 17.4. The number of aromatic nitrogens is 4. The van der Waals surface area contributed by atoms with Crippen LogP contribution in [0.4, 0.5) is 0 Å². The number of fused-ring (bicyclic) bond motifs is 1. The van der Waals surface area contributed by atoms with E-state index in [-0.39, 0.29) is 5.56 Å². The molecule has 1 aromatic carbocycles. The normalized spacial score (nSPS) is 12.0. The lowest BCUT2D eigenvalue weighted by Crippen LogP contribution is -2.09. The number of nitrogens with zero attached hydrogens (tertiary/aromatic N) is 3. The van der Waals surface area contributed by atoms with Gasteiger partial charge in [0.15, 0.2) is 0 Å². The number of aromatic amines is 1. The van der Waals surface area contributed by atoms with Crippen molar-refractivity contribution in [2.45, 2.75) is 6.92 Å². The number of rotatable bonds is 3. The summed E-state index contributed by atoms with van der Waals surface area (Å²) in [7, 11) is 1.90. The van der Waals surface area contributed by atoms with Crippen LogP contribution >= 0.6 is 11.3 Å². The van der Waals surface area contributed by atoms with E-state index in [2.05, 4.69) is 27.2 Å². The highest BCUT2D eigenvalue weighted by atomic mass is 32.1. The third-order valence-corrected chi connectivity index (χ3v) is 4.85. The largest absolute Gasteiger partial charge is 0.306 e. The molecule has 4 rings (SSSR count). The van der Waals surface area contributed by atoms with Crippen LogP contribution < -0.4 is 5.56 Å². The van der Waals surface area contributed by atoms with Crippen LogP contribution in [-0.2, 0) is 7.05 Å². The van der Waals surface area contributed by atoms with Gasteiger partial charge in [-0.3, -0.25) is 9.48 Å². The van der Waals surface area contributed by atoms with Crippen molar-refractivity contribution in [3.8, 4) is 11.1 Å². The van der Waals surface area contributed by atoms with E-state index in [4.69, 9.17) is 0 Å². The molecule has 3 heterocycles. The molecule has 5 nitrogen and oxygen atoms in total. The van der Waals surface area contributed by atoms with Crippen LogP contribution in [0, 0.1) is 0 Å². The van der Waals surface area contributed by atoms with Gasteiger partial charge in [0.25, 0.3) is 5.56 Å². The molecule has 4 aromatic rings. The van der Waals surface area contributed by atoms with Gasteiger partial charge >= 0.3 is 0 Å². The summed E-state index contributed by atoms with van der Waals surface area (Å²) < 4.78 is 1.79. The van der Waals surface area contributed by atoms with Gasteiger partial charge in [-0.05, 0) is 41.1 Å². The minimum atomic E-state index is -0.0964. The number of H-pyrrole nitrogens is 1. The van der Waals surface area contributed by atoms with E-state index in [0.717, 1.165) is 27.1 Å². The second kappa shape index (κ2) is 6.14. The van der Waals surface area contributed by atoms with Crippen molar-refractivity contribution in [1.82, 2.24) is 19.7 Å². The molecule has 0 aliphatic carbocycles. The smallest absolute Gasteiger partial charge is 0.259 e. The summed E-state index contributed by atoms with van der Waals surface area (Å²) in [6.45, 7) is 1.95. The number of hydrogen-bond acceptors (Lipinski definition) is 4. The molecule has 1 N–H and O–H groups in total. The Hall–Kier alpha value is -2.99. The SMILES string of the molecule is C/C(=C/c1ccc(-c2cnn(C)c2)cc1)c1nc2sccc2c(=O)[nH]1. The van der Waals surface area contributed by atoms with Gasteiger partial charge in [0.2, 0.25) is 0 Å². The van der Waals surface area contributed by atoms with Crippen LogP contribution in [0.1, 0.15) is 18.3 Å². The van der Waals surface area contributed by atoms with Crippen LogP contribution in [0.25, 0.3) is 33.0 Å². The fourth-order valence-electron chi connectivity index (χ4n) is 2.71. The summed E-state index contributed by atoms with van der Waals surface area (Å²) in [4.78, 5) is 20.3. The molecule has 0 spiro atoms. The zero-order valence-electron chi connectivity index (χ0n) is 13.9. The predicted molar refractivity (Wildman–Crippen MR) is 102 cm³/mol. The average Bonchev–Trinajstić information content (AvgIpc) is 3.24. The minimum absolute atomic E-state index is 0.0964. The third-order valence-electron chi connectivity index (χ3n) is 4.04. The summed E-state index contributed by atoms with van der Waals surface area (Å²) in [6, 6.07) is 10.0. The van der Waals surface area contributed by atoms with Crippen LogP contribution in [-0.4, -0.2) is 19.7 Å². The van der Waals surface area contributed by atoms with Crippen LogP contribution in [0.15, 0.2) is 52.9 Å². The van der Waals surface area contributed by atoms with Crippen molar-refractivity contribution in [3.05, 3.63) is 69.8 Å². The number of aryl methyl sites for hydroxylation is 1. The van der Waals surface area contributed by atoms with Gasteiger partial charge in [-0.2, -0.15) is 5.10 Å². The second-order valence-electron chi connectivity index (χ2n) is 5.91. The Morgan fingerprint density at radius 1 is 1.20 bits per heavy atom. The molecule has 0 amide bonds. The fourth-order valence-corrected chi connectivity index (χ4v) is 3.48. The van der Waals surface area contributed by atoms with E-state index in [0.29, 0.717) is 11.2 Å². The van der Waals surface area contributed by atoms with E-state index in [1.165, 1.54) is 11.3 Å². The first-order valence-corrected chi connectivity index (χ1v) is 8.73. The summed E-state index contributed by atoms with van der Waals surface area (Å²) >= 11 is 1.47. The lowest BCUT2D eigenvalue weighted by molar-refractivity contribution is 0.768. The van der Waals surface area contributed by atoms with Gasteiger partial charge in [-0.25, -0.2) is 4.98 Å². The lowest BCUT2D eigenvalue weighted by Gasteiger charge is -2.03. The Morgan fingerprint density at radius 2 is 2.00 bits per heavy atom. The summed E-state index contributed by atoms with van der Waals surface area (Å²) in [6.07, 6.45) is 5.85. The van der Waals surface area contributed by atoms with E-state index in [9.17, 15) is 4.79 Å². The first-order chi connectivity index (χ1) is 12.1. The molecule has 0 aliphatic heterocycles. The molecule has 0 aliphatic rings. The Balaban J connectivity index is 1.65. The van der Waals surface area contributed by atoms with Crippen molar-refractivity contribution in [2.24, 2.45) is 7.05 Å². The van der Waals surface area contributed by atoms with Gasteiger partial charge in [0, 0.05) is 18.8 Å². The van der Waals surface area contributed by atoms with E-state index >= 15 is 0 Å². The molecule has 3 aromatic heterocycles. The van der Waals surface area contributed by atoms with E-state index in [1.54, 1.807) is 10.7 Å². The monoisotopic (exact) mass is 348 g/mol. The highest BCUT2D eigenvalue weighted by Crippen LogP contribution is 2.22. The highest BCUT2D eigenvalue weighted by Gasteiger charge is 2.06. The quantitative estimate of drug-likeness (QED) is 0.610. The fraction of sp³-hybridized carbons (Fsp3) is 0.105. The molecule has 0 saturated carbocycles. The lowest BCUT2D eigenvalue weighted by atomic mass is 10.1. The zero-order valence-corrected chi connectivity index (χ0v) is 14.7. The maximum absolute atomic E-state index is 12.1. The molecule has 0 bridgehead atoms. The first kappa shape index (κ1) is 15.5. The average molecular weight is 348 g/mol. The Labute approximate surface area is 148 Å². The number of nitrogens with one attached hydrogen (secondary N) is 1. The summed E-state index contributed by atoms with van der Waals surface area (Å²) in [5.41, 5.74) is 4.08. The van der Waals surface area contributed by atoms with Crippen molar-refractivity contribution in [1.29, 1.82) is 0 Å². The van der Waals surface area contributed by atoms with Gasteiger partial charge in [-0.15, -0.1) is 11.3 Å². The molecule has 0 unspecified atom stereocenters. The van der Waals surface area contributed by atoms with Crippen LogP contribution in [0.3, 0.4) is 0 Å². The number of allylic oxidation sites excluding steroid dienone is 1. The molecule has 0 fully saturated rings. The van der Waals surface area contributed by atoms with Crippen LogP contribution in [0.5, 0.6) is 0 Å². The highest BCUT2D eigenvalue weighted by molar-refractivity contribution is 7.16. The minimum Gasteiger partial charge on any atom is -0.306 e. The number of thiophene rings is 1. The molecule has 0 radical (unpaired) electrons. The summed E-state index contributed by atoms with van der Waals surface area (Å²) in [5.74, 6) is 0.608. The molecule has 25 heavy (non-hydrogen) atoms. The van der Waals surface area contributed by atoms with Gasteiger partial charge < -0.3 is 4.98 Å². The topological polar surface area (TPSA) is 63.6 Å². The van der Waals surface area contributed by atoms with E-state index in [1.807, 2.05) is 50.0 Å². The molecule has 0 atom stereocenters. The Kier molecular flexibility index (Phi) is 3.82. The van der Waals surface area contributed by atoms with Crippen molar-refractivity contribution in [2.75, 3.05) is 0 Å². The Morgan fingerprint density at radius 3 is 2.72 bits per heavy atom. The molecular formula is C19H16N4OS. The first-order valence-electron chi connectivity index (χ1n) is 7.85. The Bertz CT molecular complexity index is 1130. The molecule has 6 heteroatoms. The number of hydrogen-bond donors (Lipinski definition) is 1. The van der Waals surface area contributed by atoms with Crippen molar-refractivity contribution in [3.63, 3.8) is 0 Å². The van der Waals surface area contributed by atoms with Gasteiger partial charge in [0.05, 0.1) is 11.6 Å². The van der Waals surface area contributed by atoms with Crippen LogP contribution in [0.2, 0.25) is 0 Å². The predicted octanol–water partition coefficient (Wildman–Crippen LogP) is 3.95. The molecular weight excluding hydrogens is 332 g/mol. The second-order valence-corrected chi connectivity index (χ2v) is 6.80. The number of benzene rings is 1. The van der Waals surface area contributed by atoms with Gasteiger partial charge in [0.1, 0.15) is 10.7 Å². The van der Waals surface area contributed by atoms with Crippen molar-refractivity contribution < 1.29 is 0 Å². The van der Waals surface area contributed by atoms with E-state index < -0.39 is 0 Å². The standard InChI is InChI=1S/C19H16N4OS/c1-12(17-21-18(24)16-7-8-25-19(16)22-17)9-13-3-5-14(6-4-13)15-10-20-23(2)11-15/h3-11H,1-2H3,(H,21,22,24)/b12-9-.